The molecule has 3 heterocycles. The maximum atomic E-state index is 13.6. The SMILES string of the molecule is CC1(C)S[C@@H]2[C@H]([C@H](O)C(=O)N(CC(=O)N3CCCC3)Cc3ccccc3)C(=O)N2[C@H]1C(=O)OCc1ccccc1. The molecule has 40 heavy (non-hydrogen) atoms. The molecule has 0 spiro atoms. The number of benzene rings is 2. The molecular formula is C30H35N3O6S. The Labute approximate surface area is 238 Å². The number of fused-ring (bicyclic) bond motifs is 1. The number of hydrogen-bond donors (Lipinski definition) is 1. The van der Waals surface area contributed by atoms with Gasteiger partial charge in [-0.05, 0) is 37.8 Å². The van der Waals surface area contributed by atoms with Crippen molar-refractivity contribution in [2.75, 3.05) is 19.6 Å². The lowest BCUT2D eigenvalue weighted by Crippen LogP contribution is -2.67. The quantitative estimate of drug-likeness (QED) is 0.368. The summed E-state index contributed by atoms with van der Waals surface area (Å²) >= 11 is 1.38. The summed E-state index contributed by atoms with van der Waals surface area (Å²) in [6, 6.07) is 17.7. The highest BCUT2D eigenvalue weighted by Gasteiger charge is 2.66. The van der Waals surface area contributed by atoms with E-state index in [0.717, 1.165) is 24.0 Å². The second-order valence-corrected chi connectivity index (χ2v) is 12.9. The highest BCUT2D eigenvalue weighted by Crippen LogP contribution is 2.54. The molecule has 1 N–H and O–H groups in total. The normalized spacial score (nSPS) is 23.8. The van der Waals surface area contributed by atoms with Gasteiger partial charge in [-0.1, -0.05) is 60.7 Å². The van der Waals surface area contributed by atoms with Gasteiger partial charge >= 0.3 is 5.97 Å². The first-order valence-corrected chi connectivity index (χ1v) is 14.5. The Kier molecular flexibility index (Phi) is 8.19. The van der Waals surface area contributed by atoms with Crippen molar-refractivity contribution in [1.82, 2.24) is 14.7 Å². The Morgan fingerprint density at radius 1 is 1.02 bits per heavy atom. The minimum atomic E-state index is -1.63. The van der Waals surface area contributed by atoms with Crippen molar-refractivity contribution in [2.45, 2.75) is 62.1 Å². The number of carbonyl (C=O) groups excluding carboxylic acids is 4. The lowest BCUT2D eigenvalue weighted by Gasteiger charge is -2.45. The molecule has 4 atom stereocenters. The smallest absolute Gasteiger partial charge is 0.330 e. The summed E-state index contributed by atoms with van der Waals surface area (Å²) < 4.78 is 4.88. The number of hydrogen-bond acceptors (Lipinski definition) is 7. The van der Waals surface area contributed by atoms with E-state index in [1.54, 1.807) is 4.90 Å². The van der Waals surface area contributed by atoms with Gasteiger partial charge in [-0.2, -0.15) is 0 Å². The molecule has 3 amide bonds. The fourth-order valence-electron chi connectivity index (χ4n) is 5.71. The first-order valence-electron chi connectivity index (χ1n) is 13.7. The van der Waals surface area contributed by atoms with Crippen LogP contribution in [0.2, 0.25) is 0 Å². The van der Waals surface area contributed by atoms with E-state index in [1.807, 2.05) is 74.5 Å². The Balaban J connectivity index is 1.29. The largest absolute Gasteiger partial charge is 0.459 e. The van der Waals surface area contributed by atoms with Gasteiger partial charge in [0, 0.05) is 24.4 Å². The second kappa shape index (κ2) is 11.6. The third kappa shape index (κ3) is 5.60. The highest BCUT2D eigenvalue weighted by atomic mass is 32.2. The van der Waals surface area contributed by atoms with Gasteiger partial charge in [-0.3, -0.25) is 14.4 Å². The van der Waals surface area contributed by atoms with Crippen LogP contribution in [0.1, 0.15) is 37.8 Å². The van der Waals surface area contributed by atoms with Crippen LogP contribution >= 0.6 is 11.8 Å². The van der Waals surface area contributed by atoms with E-state index >= 15 is 0 Å². The fourth-order valence-corrected chi connectivity index (χ4v) is 7.42. The number of likely N-dealkylation sites (tertiary alicyclic amines) is 1. The molecule has 2 aromatic rings. The molecule has 3 aliphatic rings. The van der Waals surface area contributed by atoms with Crippen molar-refractivity contribution >= 4 is 35.5 Å². The van der Waals surface area contributed by atoms with Crippen LogP contribution in [0.5, 0.6) is 0 Å². The third-order valence-electron chi connectivity index (χ3n) is 7.84. The highest BCUT2D eigenvalue weighted by molar-refractivity contribution is 8.01. The molecule has 10 heteroatoms. The summed E-state index contributed by atoms with van der Waals surface area (Å²) in [5.74, 6) is -2.82. The van der Waals surface area contributed by atoms with Crippen LogP contribution in [-0.4, -0.2) is 85.4 Å². The summed E-state index contributed by atoms with van der Waals surface area (Å²) in [4.78, 5) is 57.6. The van der Waals surface area contributed by atoms with Crippen LogP contribution in [0.4, 0.5) is 0 Å². The molecule has 3 aliphatic heterocycles. The van der Waals surface area contributed by atoms with Gasteiger partial charge in [0.15, 0.2) is 0 Å². The Hall–Kier alpha value is -3.37. The summed E-state index contributed by atoms with van der Waals surface area (Å²) in [7, 11) is 0. The number of β-lactam (4-membered cyclic amide) rings is 1. The van der Waals surface area contributed by atoms with E-state index in [9.17, 15) is 24.3 Å². The lowest BCUT2D eigenvalue weighted by atomic mass is 9.87. The monoisotopic (exact) mass is 565 g/mol. The van der Waals surface area contributed by atoms with Gasteiger partial charge in [-0.25, -0.2) is 4.79 Å². The molecule has 212 valence electrons. The van der Waals surface area contributed by atoms with Crippen molar-refractivity contribution in [3.05, 3.63) is 71.8 Å². The van der Waals surface area contributed by atoms with Crippen LogP contribution in [0.15, 0.2) is 60.7 Å². The van der Waals surface area contributed by atoms with Gasteiger partial charge in [0.05, 0.1) is 5.37 Å². The predicted molar refractivity (Wildman–Crippen MR) is 149 cm³/mol. The number of aliphatic hydroxyl groups excluding tert-OH is 1. The number of ether oxygens (including phenoxy) is 1. The number of esters is 1. The number of carbonyl (C=O) groups is 4. The molecule has 0 radical (unpaired) electrons. The van der Waals surface area contributed by atoms with Gasteiger partial charge in [0.25, 0.3) is 5.91 Å². The molecule has 0 unspecified atom stereocenters. The molecule has 0 bridgehead atoms. The summed E-state index contributed by atoms with van der Waals surface area (Å²) in [5, 5.41) is 10.7. The molecule has 0 aliphatic carbocycles. The van der Waals surface area contributed by atoms with Crippen LogP contribution in [0, 0.1) is 5.92 Å². The molecule has 0 saturated carbocycles. The molecule has 2 aromatic carbocycles. The van der Waals surface area contributed by atoms with Gasteiger partial charge in [-0.15, -0.1) is 11.8 Å². The first kappa shape index (κ1) is 28.2. The van der Waals surface area contributed by atoms with E-state index in [4.69, 9.17) is 4.74 Å². The summed E-state index contributed by atoms with van der Waals surface area (Å²) in [6.45, 7) is 5.08. The zero-order valence-corrected chi connectivity index (χ0v) is 23.6. The maximum Gasteiger partial charge on any atom is 0.330 e. The molecule has 9 nitrogen and oxygen atoms in total. The molecule has 5 rings (SSSR count). The van der Waals surface area contributed by atoms with Crippen molar-refractivity contribution in [3.8, 4) is 0 Å². The van der Waals surface area contributed by atoms with E-state index in [1.165, 1.54) is 21.6 Å². The standard InChI is InChI=1S/C30H35N3O6S/c1-30(2)25(29(38)39-19-21-13-7-4-8-14-21)33-26(36)23(28(33)40-30)24(35)27(37)32(17-20-11-5-3-6-12-20)18-22(34)31-15-9-10-16-31/h3-8,11-14,23-25,28,35H,9-10,15-19H2,1-2H3/t23-,24+,25+,28-/m1/s1. The second-order valence-electron chi connectivity index (χ2n) is 11.1. The minimum absolute atomic E-state index is 0.0909. The van der Waals surface area contributed by atoms with Crippen LogP contribution in [-0.2, 0) is 37.1 Å². The van der Waals surface area contributed by atoms with Gasteiger partial charge in [0.1, 0.15) is 31.2 Å². The third-order valence-corrected chi connectivity index (χ3v) is 9.43. The Morgan fingerprint density at radius 2 is 1.62 bits per heavy atom. The van der Waals surface area contributed by atoms with Crippen molar-refractivity contribution < 1.29 is 29.0 Å². The molecule has 0 aromatic heterocycles. The maximum absolute atomic E-state index is 13.6. The fraction of sp³-hybridized carbons (Fsp3) is 0.467. The number of nitrogens with zero attached hydrogens (tertiary/aromatic N) is 3. The number of aliphatic hydroxyl groups is 1. The molecular weight excluding hydrogens is 530 g/mol. The van der Waals surface area contributed by atoms with Crippen LogP contribution < -0.4 is 0 Å². The van der Waals surface area contributed by atoms with Crippen molar-refractivity contribution in [1.29, 1.82) is 0 Å². The summed E-state index contributed by atoms with van der Waals surface area (Å²) in [6.07, 6.45) is 0.222. The zero-order valence-electron chi connectivity index (χ0n) is 22.8. The predicted octanol–water partition coefficient (Wildman–Crippen LogP) is 2.42. The Bertz CT molecular complexity index is 1250. The first-order chi connectivity index (χ1) is 19.2. The zero-order chi connectivity index (χ0) is 28.4. The van der Waals surface area contributed by atoms with E-state index in [-0.39, 0.29) is 25.6 Å². The Morgan fingerprint density at radius 3 is 2.25 bits per heavy atom. The van der Waals surface area contributed by atoms with Crippen molar-refractivity contribution in [3.63, 3.8) is 0 Å². The van der Waals surface area contributed by atoms with Gasteiger partial charge < -0.3 is 24.5 Å². The molecule has 3 saturated heterocycles. The molecule has 3 fully saturated rings. The number of thioether (sulfide) groups is 1. The van der Waals surface area contributed by atoms with E-state index < -0.39 is 46.0 Å². The van der Waals surface area contributed by atoms with Crippen LogP contribution in [0.3, 0.4) is 0 Å². The summed E-state index contributed by atoms with van der Waals surface area (Å²) in [5.41, 5.74) is 1.66. The minimum Gasteiger partial charge on any atom is -0.459 e. The van der Waals surface area contributed by atoms with E-state index in [2.05, 4.69) is 0 Å². The lowest BCUT2D eigenvalue weighted by molar-refractivity contribution is -0.175. The average Bonchev–Trinajstić information content (AvgIpc) is 3.57. The number of rotatable bonds is 9. The van der Waals surface area contributed by atoms with Crippen LogP contribution in [0.25, 0.3) is 0 Å². The average molecular weight is 566 g/mol. The van der Waals surface area contributed by atoms with Crippen molar-refractivity contribution in [2.24, 2.45) is 5.92 Å². The van der Waals surface area contributed by atoms with Gasteiger partial charge in [0.2, 0.25) is 11.8 Å². The van der Waals surface area contributed by atoms with E-state index in [0.29, 0.717) is 13.1 Å². The number of amides is 3. The topological polar surface area (TPSA) is 107 Å².